The lowest BCUT2D eigenvalue weighted by molar-refractivity contribution is 0.363. The highest BCUT2D eigenvalue weighted by atomic mass is 35.5. The first-order valence-corrected chi connectivity index (χ1v) is 7.41. The Labute approximate surface area is 130 Å². The lowest BCUT2D eigenvalue weighted by atomic mass is 10.0. The van der Waals surface area contributed by atoms with Gasteiger partial charge in [-0.2, -0.15) is 5.10 Å². The SMILES string of the molecule is CNC(Cc1ccncc1)c1c(Cl)cnn1CCN(C)C. The number of halogens is 1. The van der Waals surface area contributed by atoms with Crippen molar-refractivity contribution >= 4 is 11.6 Å². The average molecular weight is 308 g/mol. The standard InChI is InChI=1S/C15H22ClN5/c1-17-14(10-12-4-6-18-7-5-12)15-13(16)11-19-21(15)9-8-20(2)3/h4-7,11,14,17H,8-10H2,1-3H3. The first-order chi connectivity index (χ1) is 10.1. The zero-order valence-corrected chi connectivity index (χ0v) is 13.5. The molecule has 2 rings (SSSR count). The average Bonchev–Trinajstić information content (AvgIpc) is 2.85. The largest absolute Gasteiger partial charge is 0.311 e. The Morgan fingerprint density at radius 3 is 2.67 bits per heavy atom. The Kier molecular flexibility index (Phi) is 5.73. The summed E-state index contributed by atoms with van der Waals surface area (Å²) in [6, 6.07) is 4.18. The molecule has 0 radical (unpaired) electrons. The van der Waals surface area contributed by atoms with Crippen molar-refractivity contribution in [1.29, 1.82) is 0 Å². The minimum Gasteiger partial charge on any atom is -0.311 e. The van der Waals surface area contributed by atoms with Crippen LogP contribution in [0, 0.1) is 0 Å². The summed E-state index contributed by atoms with van der Waals surface area (Å²) in [6.45, 7) is 1.75. The second-order valence-electron chi connectivity index (χ2n) is 5.31. The predicted octanol–water partition coefficient (Wildman–Crippen LogP) is 2.00. The molecule has 0 saturated carbocycles. The van der Waals surface area contributed by atoms with Crippen molar-refractivity contribution in [3.05, 3.63) is 47.0 Å². The van der Waals surface area contributed by atoms with E-state index in [0.29, 0.717) is 5.02 Å². The van der Waals surface area contributed by atoms with E-state index in [1.54, 1.807) is 6.20 Å². The predicted molar refractivity (Wildman–Crippen MR) is 85.5 cm³/mol. The van der Waals surface area contributed by atoms with E-state index in [4.69, 9.17) is 11.6 Å². The topological polar surface area (TPSA) is 46.0 Å². The van der Waals surface area contributed by atoms with Crippen LogP contribution in [0.5, 0.6) is 0 Å². The van der Waals surface area contributed by atoms with Crippen LogP contribution in [-0.4, -0.2) is 47.4 Å². The Bertz CT molecular complexity index is 552. The van der Waals surface area contributed by atoms with Crippen LogP contribution < -0.4 is 5.32 Å². The number of nitrogens with zero attached hydrogens (tertiary/aromatic N) is 4. The maximum Gasteiger partial charge on any atom is 0.0834 e. The molecule has 114 valence electrons. The van der Waals surface area contributed by atoms with E-state index in [0.717, 1.165) is 25.2 Å². The van der Waals surface area contributed by atoms with E-state index in [-0.39, 0.29) is 6.04 Å². The Morgan fingerprint density at radius 2 is 2.05 bits per heavy atom. The molecule has 6 heteroatoms. The second-order valence-corrected chi connectivity index (χ2v) is 5.71. The molecule has 2 aromatic rings. The van der Waals surface area contributed by atoms with Gasteiger partial charge < -0.3 is 10.2 Å². The van der Waals surface area contributed by atoms with Crippen molar-refractivity contribution in [2.75, 3.05) is 27.7 Å². The number of hydrogen-bond acceptors (Lipinski definition) is 4. The summed E-state index contributed by atoms with van der Waals surface area (Å²) in [4.78, 5) is 6.19. The van der Waals surface area contributed by atoms with Gasteiger partial charge in [-0.05, 0) is 45.3 Å². The van der Waals surface area contributed by atoms with Gasteiger partial charge in [-0.15, -0.1) is 0 Å². The van der Waals surface area contributed by atoms with Gasteiger partial charge in [-0.3, -0.25) is 9.67 Å². The van der Waals surface area contributed by atoms with Crippen LogP contribution in [0.1, 0.15) is 17.3 Å². The van der Waals surface area contributed by atoms with Crippen LogP contribution in [-0.2, 0) is 13.0 Å². The molecular weight excluding hydrogens is 286 g/mol. The lowest BCUT2D eigenvalue weighted by Crippen LogP contribution is -2.26. The molecular formula is C15H22ClN5. The fourth-order valence-electron chi connectivity index (χ4n) is 2.28. The summed E-state index contributed by atoms with van der Waals surface area (Å²) in [5, 5.41) is 8.46. The molecule has 0 saturated heterocycles. The van der Waals surface area contributed by atoms with E-state index in [9.17, 15) is 0 Å². The third kappa shape index (κ3) is 4.27. The van der Waals surface area contributed by atoms with Crippen LogP contribution >= 0.6 is 11.6 Å². The van der Waals surface area contributed by atoms with Gasteiger partial charge in [0, 0.05) is 18.9 Å². The molecule has 1 atom stereocenters. The van der Waals surface area contributed by atoms with Crippen LogP contribution in [0.3, 0.4) is 0 Å². The molecule has 0 aliphatic rings. The van der Waals surface area contributed by atoms with Gasteiger partial charge >= 0.3 is 0 Å². The summed E-state index contributed by atoms with van der Waals surface area (Å²) in [5.74, 6) is 0. The lowest BCUT2D eigenvalue weighted by Gasteiger charge is -2.20. The van der Waals surface area contributed by atoms with Gasteiger partial charge in [0.25, 0.3) is 0 Å². The van der Waals surface area contributed by atoms with Crippen LogP contribution in [0.2, 0.25) is 5.02 Å². The zero-order valence-electron chi connectivity index (χ0n) is 12.8. The minimum absolute atomic E-state index is 0.129. The fraction of sp³-hybridized carbons (Fsp3) is 0.467. The second kappa shape index (κ2) is 7.54. The molecule has 2 aromatic heterocycles. The minimum atomic E-state index is 0.129. The quantitative estimate of drug-likeness (QED) is 0.850. The molecule has 0 fully saturated rings. The first-order valence-electron chi connectivity index (χ1n) is 7.04. The smallest absolute Gasteiger partial charge is 0.0834 e. The van der Waals surface area contributed by atoms with E-state index in [2.05, 4.69) is 34.4 Å². The number of rotatable bonds is 7. The molecule has 1 N–H and O–H groups in total. The molecule has 21 heavy (non-hydrogen) atoms. The van der Waals surface area contributed by atoms with Gasteiger partial charge in [0.1, 0.15) is 0 Å². The Morgan fingerprint density at radius 1 is 1.33 bits per heavy atom. The van der Waals surface area contributed by atoms with Crippen molar-refractivity contribution in [1.82, 2.24) is 25.0 Å². The monoisotopic (exact) mass is 307 g/mol. The van der Waals surface area contributed by atoms with E-state index in [1.165, 1.54) is 5.56 Å². The summed E-state index contributed by atoms with van der Waals surface area (Å²) in [5.41, 5.74) is 2.26. The van der Waals surface area contributed by atoms with Gasteiger partial charge in [0.05, 0.1) is 29.5 Å². The van der Waals surface area contributed by atoms with Crippen LogP contribution in [0.25, 0.3) is 0 Å². The maximum atomic E-state index is 6.35. The van der Waals surface area contributed by atoms with Gasteiger partial charge in [-0.25, -0.2) is 0 Å². The summed E-state index contributed by atoms with van der Waals surface area (Å²) >= 11 is 6.35. The first kappa shape index (κ1) is 15.9. The van der Waals surface area contributed by atoms with Crippen molar-refractivity contribution in [3.63, 3.8) is 0 Å². The number of likely N-dealkylation sites (N-methyl/N-ethyl adjacent to an activating group) is 2. The highest BCUT2D eigenvalue weighted by Crippen LogP contribution is 2.25. The van der Waals surface area contributed by atoms with Crippen molar-refractivity contribution < 1.29 is 0 Å². The van der Waals surface area contributed by atoms with Crippen molar-refractivity contribution in [3.8, 4) is 0 Å². The van der Waals surface area contributed by atoms with E-state index >= 15 is 0 Å². The molecule has 0 bridgehead atoms. The van der Waals surface area contributed by atoms with Gasteiger partial charge in [-0.1, -0.05) is 11.6 Å². The molecule has 0 spiro atoms. The zero-order chi connectivity index (χ0) is 15.2. The third-order valence-corrected chi connectivity index (χ3v) is 3.75. The van der Waals surface area contributed by atoms with Crippen molar-refractivity contribution in [2.24, 2.45) is 0 Å². The molecule has 5 nitrogen and oxygen atoms in total. The fourth-order valence-corrected chi connectivity index (χ4v) is 2.55. The van der Waals surface area contributed by atoms with Crippen LogP contribution in [0.15, 0.2) is 30.7 Å². The van der Waals surface area contributed by atoms with E-state index < -0.39 is 0 Å². The summed E-state index contributed by atoms with van der Waals surface area (Å²) in [7, 11) is 6.06. The summed E-state index contributed by atoms with van der Waals surface area (Å²) < 4.78 is 1.99. The van der Waals surface area contributed by atoms with Crippen molar-refractivity contribution in [2.45, 2.75) is 19.0 Å². The molecule has 0 aromatic carbocycles. The Hall–Kier alpha value is -1.43. The van der Waals surface area contributed by atoms with Crippen LogP contribution in [0.4, 0.5) is 0 Å². The normalized spacial score (nSPS) is 12.8. The Balaban J connectivity index is 2.19. The maximum absolute atomic E-state index is 6.35. The number of pyridine rings is 1. The van der Waals surface area contributed by atoms with Gasteiger partial charge in [0.15, 0.2) is 0 Å². The third-order valence-electron chi connectivity index (χ3n) is 3.46. The molecule has 2 heterocycles. The molecule has 1 unspecified atom stereocenters. The molecule has 0 aliphatic carbocycles. The van der Waals surface area contributed by atoms with Gasteiger partial charge in [0.2, 0.25) is 0 Å². The molecule has 0 amide bonds. The number of hydrogen-bond donors (Lipinski definition) is 1. The summed E-state index contributed by atoms with van der Waals surface area (Å²) in [6.07, 6.45) is 6.20. The number of aromatic nitrogens is 3. The highest BCUT2D eigenvalue weighted by molar-refractivity contribution is 6.31. The highest BCUT2D eigenvalue weighted by Gasteiger charge is 2.19. The molecule has 0 aliphatic heterocycles. The van der Waals surface area contributed by atoms with E-state index in [1.807, 2.05) is 36.3 Å². The number of nitrogens with one attached hydrogen (secondary N) is 1.